The first-order valence-corrected chi connectivity index (χ1v) is 6.64. The molecule has 1 saturated carbocycles. The lowest BCUT2D eigenvalue weighted by Crippen LogP contribution is -2.58. The summed E-state index contributed by atoms with van der Waals surface area (Å²) in [4.78, 5) is 0. The second-order valence-corrected chi connectivity index (χ2v) is 5.73. The number of rotatable bonds is 7. The summed E-state index contributed by atoms with van der Waals surface area (Å²) in [7, 11) is 0. The molecule has 1 atom stereocenters. The first kappa shape index (κ1) is 13.9. The van der Waals surface area contributed by atoms with Gasteiger partial charge >= 0.3 is 0 Å². The number of nitrogens with one attached hydrogen (secondary N) is 1. The number of aliphatic hydroxyl groups is 1. The van der Waals surface area contributed by atoms with Crippen molar-refractivity contribution in [2.24, 2.45) is 11.1 Å². The van der Waals surface area contributed by atoms with E-state index in [0.717, 1.165) is 32.4 Å². The maximum Gasteiger partial charge on any atom is 0.0431 e. The second kappa shape index (κ2) is 5.99. The minimum absolute atomic E-state index is 0.145. The van der Waals surface area contributed by atoms with Crippen LogP contribution < -0.4 is 11.1 Å². The zero-order valence-electron chi connectivity index (χ0n) is 10.9. The molecule has 0 amide bonds. The lowest BCUT2D eigenvalue weighted by Gasteiger charge is -2.42. The van der Waals surface area contributed by atoms with Gasteiger partial charge in [-0.2, -0.15) is 0 Å². The van der Waals surface area contributed by atoms with Crippen LogP contribution in [0.2, 0.25) is 0 Å². The van der Waals surface area contributed by atoms with Crippen LogP contribution in [0.25, 0.3) is 0 Å². The maximum absolute atomic E-state index is 8.72. The quantitative estimate of drug-likeness (QED) is 0.581. The Balaban J connectivity index is 2.36. The zero-order chi connectivity index (χ0) is 12.1. The van der Waals surface area contributed by atoms with Crippen LogP contribution >= 0.6 is 0 Å². The Morgan fingerprint density at radius 1 is 1.19 bits per heavy atom. The van der Waals surface area contributed by atoms with Gasteiger partial charge in [-0.05, 0) is 44.1 Å². The molecule has 4 N–H and O–H groups in total. The van der Waals surface area contributed by atoms with Crippen LogP contribution in [0.3, 0.4) is 0 Å². The van der Waals surface area contributed by atoms with Crippen LogP contribution in [-0.4, -0.2) is 30.3 Å². The molecule has 3 nitrogen and oxygen atoms in total. The lowest BCUT2D eigenvalue weighted by molar-refractivity contribution is 0.163. The van der Waals surface area contributed by atoms with Gasteiger partial charge in [-0.1, -0.05) is 20.3 Å². The molecule has 16 heavy (non-hydrogen) atoms. The molecule has 0 aromatic carbocycles. The SMILES string of the molecule is CC1(C)CCCC1(CN)NCCCCCO. The van der Waals surface area contributed by atoms with Gasteiger partial charge in [-0.3, -0.25) is 0 Å². The Bertz CT molecular complexity index is 206. The van der Waals surface area contributed by atoms with E-state index in [1.54, 1.807) is 0 Å². The molecule has 1 unspecified atom stereocenters. The first-order valence-electron chi connectivity index (χ1n) is 6.64. The van der Waals surface area contributed by atoms with E-state index in [2.05, 4.69) is 19.2 Å². The predicted octanol–water partition coefficient (Wildman–Crippen LogP) is 1.65. The highest BCUT2D eigenvalue weighted by Gasteiger charge is 2.47. The predicted molar refractivity (Wildman–Crippen MR) is 68.4 cm³/mol. The standard InChI is InChI=1S/C13H28N2O/c1-12(2)7-6-8-13(12,11-14)15-9-4-3-5-10-16/h15-16H,3-11,14H2,1-2H3. The Morgan fingerprint density at radius 2 is 1.94 bits per heavy atom. The van der Waals surface area contributed by atoms with Gasteiger partial charge in [0, 0.05) is 18.7 Å². The highest BCUT2D eigenvalue weighted by molar-refractivity contribution is 5.05. The van der Waals surface area contributed by atoms with Crippen molar-refractivity contribution in [3.8, 4) is 0 Å². The third-order valence-electron chi connectivity index (χ3n) is 4.35. The highest BCUT2D eigenvalue weighted by atomic mass is 16.2. The molecule has 0 radical (unpaired) electrons. The van der Waals surface area contributed by atoms with Gasteiger partial charge in [0.25, 0.3) is 0 Å². The summed E-state index contributed by atoms with van der Waals surface area (Å²) in [6.07, 6.45) is 6.92. The van der Waals surface area contributed by atoms with E-state index >= 15 is 0 Å². The number of hydrogen-bond donors (Lipinski definition) is 3. The molecular formula is C13H28N2O. The topological polar surface area (TPSA) is 58.3 Å². The van der Waals surface area contributed by atoms with Crippen LogP contribution in [0, 0.1) is 5.41 Å². The molecule has 3 heteroatoms. The normalized spacial score (nSPS) is 28.5. The summed E-state index contributed by atoms with van der Waals surface area (Å²) < 4.78 is 0. The second-order valence-electron chi connectivity index (χ2n) is 5.73. The fraction of sp³-hybridized carbons (Fsp3) is 1.00. The molecule has 0 aliphatic heterocycles. The van der Waals surface area contributed by atoms with Crippen molar-refractivity contribution >= 4 is 0 Å². The van der Waals surface area contributed by atoms with Crippen molar-refractivity contribution in [3.63, 3.8) is 0 Å². The van der Waals surface area contributed by atoms with Crippen molar-refractivity contribution in [3.05, 3.63) is 0 Å². The molecule has 0 aromatic rings. The largest absolute Gasteiger partial charge is 0.396 e. The van der Waals surface area contributed by atoms with Crippen LogP contribution in [0.1, 0.15) is 52.4 Å². The Morgan fingerprint density at radius 3 is 2.44 bits per heavy atom. The van der Waals surface area contributed by atoms with E-state index in [-0.39, 0.29) is 5.54 Å². The van der Waals surface area contributed by atoms with Crippen LogP contribution in [0.4, 0.5) is 0 Å². The highest BCUT2D eigenvalue weighted by Crippen LogP contribution is 2.45. The summed E-state index contributed by atoms with van der Waals surface area (Å²) in [5.74, 6) is 0. The van der Waals surface area contributed by atoms with Crippen molar-refractivity contribution in [1.82, 2.24) is 5.32 Å². The van der Waals surface area contributed by atoms with Gasteiger partial charge in [0.2, 0.25) is 0 Å². The Hall–Kier alpha value is -0.120. The van der Waals surface area contributed by atoms with Crippen LogP contribution in [-0.2, 0) is 0 Å². The lowest BCUT2D eigenvalue weighted by atomic mass is 9.75. The third kappa shape index (κ3) is 2.96. The number of nitrogens with two attached hydrogens (primary N) is 1. The van der Waals surface area contributed by atoms with E-state index in [4.69, 9.17) is 10.8 Å². The minimum Gasteiger partial charge on any atom is -0.396 e. The number of hydrogen-bond acceptors (Lipinski definition) is 3. The zero-order valence-corrected chi connectivity index (χ0v) is 10.9. The molecule has 0 heterocycles. The summed E-state index contributed by atoms with van der Waals surface area (Å²) in [6, 6.07) is 0. The Kier molecular flexibility index (Phi) is 5.22. The molecule has 1 aliphatic rings. The van der Waals surface area contributed by atoms with Gasteiger partial charge in [0.05, 0.1) is 0 Å². The molecular weight excluding hydrogens is 200 g/mol. The van der Waals surface area contributed by atoms with Crippen molar-refractivity contribution in [2.45, 2.75) is 57.9 Å². The van der Waals surface area contributed by atoms with E-state index < -0.39 is 0 Å². The monoisotopic (exact) mass is 228 g/mol. The Labute approximate surface area is 99.8 Å². The molecule has 1 fully saturated rings. The smallest absolute Gasteiger partial charge is 0.0431 e. The molecule has 96 valence electrons. The van der Waals surface area contributed by atoms with Gasteiger partial charge in [0.15, 0.2) is 0 Å². The molecule has 0 saturated heterocycles. The van der Waals surface area contributed by atoms with Crippen LogP contribution in [0.5, 0.6) is 0 Å². The fourth-order valence-corrected chi connectivity index (χ4v) is 2.93. The fourth-order valence-electron chi connectivity index (χ4n) is 2.93. The van der Waals surface area contributed by atoms with Crippen molar-refractivity contribution < 1.29 is 5.11 Å². The summed E-state index contributed by atoms with van der Waals surface area (Å²) in [6.45, 7) is 6.73. The number of aliphatic hydroxyl groups excluding tert-OH is 1. The molecule has 1 aliphatic carbocycles. The van der Waals surface area contributed by atoms with Gasteiger partial charge in [-0.25, -0.2) is 0 Å². The van der Waals surface area contributed by atoms with E-state index in [0.29, 0.717) is 12.0 Å². The van der Waals surface area contributed by atoms with Gasteiger partial charge in [0.1, 0.15) is 0 Å². The van der Waals surface area contributed by atoms with E-state index in [9.17, 15) is 0 Å². The van der Waals surface area contributed by atoms with Gasteiger partial charge in [-0.15, -0.1) is 0 Å². The molecule has 0 bridgehead atoms. The van der Waals surface area contributed by atoms with E-state index in [1.165, 1.54) is 19.3 Å². The minimum atomic E-state index is 0.145. The first-order chi connectivity index (χ1) is 7.58. The average molecular weight is 228 g/mol. The van der Waals surface area contributed by atoms with Crippen molar-refractivity contribution in [1.29, 1.82) is 0 Å². The third-order valence-corrected chi connectivity index (χ3v) is 4.35. The van der Waals surface area contributed by atoms with E-state index in [1.807, 2.05) is 0 Å². The summed E-state index contributed by atoms with van der Waals surface area (Å²) in [5, 5.41) is 12.4. The van der Waals surface area contributed by atoms with Crippen LogP contribution in [0.15, 0.2) is 0 Å². The molecule has 0 aromatic heterocycles. The summed E-state index contributed by atoms with van der Waals surface area (Å²) >= 11 is 0. The number of unbranched alkanes of at least 4 members (excludes halogenated alkanes) is 2. The van der Waals surface area contributed by atoms with Gasteiger partial charge < -0.3 is 16.2 Å². The average Bonchev–Trinajstić information content (AvgIpc) is 2.54. The maximum atomic E-state index is 8.72. The molecule has 1 rings (SSSR count). The summed E-state index contributed by atoms with van der Waals surface area (Å²) in [5.41, 5.74) is 6.45. The van der Waals surface area contributed by atoms with Crippen molar-refractivity contribution in [2.75, 3.05) is 19.7 Å². The molecule has 0 spiro atoms.